The molecule has 0 aromatic rings. The van der Waals surface area contributed by atoms with Crippen LogP contribution in [0.3, 0.4) is 0 Å². The van der Waals surface area contributed by atoms with E-state index in [-0.39, 0.29) is 25.0 Å². The number of carbonyl (C=O) groups is 2. The number of rotatable bonds is 12. The maximum Gasteiger partial charge on any atom is 0.351 e. The molecule has 0 amide bonds. The predicted molar refractivity (Wildman–Crippen MR) is 98.0 cm³/mol. The van der Waals surface area contributed by atoms with Gasteiger partial charge in [0.1, 0.15) is 0 Å². The van der Waals surface area contributed by atoms with Gasteiger partial charge in [-0.05, 0) is 24.7 Å². The predicted octanol–water partition coefficient (Wildman–Crippen LogP) is 5.41. The quantitative estimate of drug-likeness (QED) is 0.335. The lowest BCUT2D eigenvalue weighted by Gasteiger charge is -2.13. The summed E-state index contributed by atoms with van der Waals surface area (Å²) >= 11 is 11.7. The monoisotopic (exact) mass is 380 g/mol. The van der Waals surface area contributed by atoms with Gasteiger partial charge in [-0.15, -0.1) is 0 Å². The highest BCUT2D eigenvalue weighted by Gasteiger charge is 2.21. The van der Waals surface area contributed by atoms with Crippen LogP contribution in [0.4, 0.5) is 0 Å². The summed E-state index contributed by atoms with van der Waals surface area (Å²) in [6.45, 7) is 8.70. The van der Waals surface area contributed by atoms with E-state index in [2.05, 4.69) is 13.8 Å². The van der Waals surface area contributed by atoms with E-state index >= 15 is 0 Å². The standard InChI is InChI=1S/C18H30Cl2O4/c1-5-7-9-13(3)11-23-17(21)15(19)16(20)18(22)24-12-14(4)10-8-6-2/h13-14H,5-12H2,1-4H3/b16-15-. The first kappa shape index (κ1) is 23.3. The molecule has 0 bridgehead atoms. The molecular formula is C18H30Cl2O4. The van der Waals surface area contributed by atoms with E-state index in [9.17, 15) is 9.59 Å². The largest absolute Gasteiger partial charge is 0.461 e. The minimum atomic E-state index is -0.791. The Morgan fingerprint density at radius 3 is 1.42 bits per heavy atom. The molecule has 24 heavy (non-hydrogen) atoms. The topological polar surface area (TPSA) is 52.6 Å². The van der Waals surface area contributed by atoms with Crippen molar-refractivity contribution in [3.8, 4) is 0 Å². The van der Waals surface area contributed by atoms with Crippen LogP contribution in [0.2, 0.25) is 0 Å². The Bertz CT molecular complexity index is 383. The van der Waals surface area contributed by atoms with E-state index in [1.165, 1.54) is 0 Å². The van der Waals surface area contributed by atoms with Gasteiger partial charge in [0, 0.05) is 0 Å². The molecule has 6 heteroatoms. The van der Waals surface area contributed by atoms with E-state index in [4.69, 9.17) is 32.7 Å². The van der Waals surface area contributed by atoms with Gasteiger partial charge in [0.05, 0.1) is 13.2 Å². The summed E-state index contributed by atoms with van der Waals surface area (Å²) in [7, 11) is 0. The second kappa shape index (κ2) is 13.5. The zero-order chi connectivity index (χ0) is 18.5. The Morgan fingerprint density at radius 2 is 1.12 bits per heavy atom. The van der Waals surface area contributed by atoms with Gasteiger partial charge < -0.3 is 9.47 Å². The minimum absolute atomic E-state index is 0.239. The first-order chi connectivity index (χ1) is 11.3. The Morgan fingerprint density at radius 1 is 0.792 bits per heavy atom. The lowest BCUT2D eigenvalue weighted by Crippen LogP contribution is -2.16. The third-order valence-corrected chi connectivity index (χ3v) is 4.43. The van der Waals surface area contributed by atoms with Crippen molar-refractivity contribution in [3.05, 3.63) is 10.1 Å². The van der Waals surface area contributed by atoms with E-state index in [1.54, 1.807) is 0 Å². The van der Waals surface area contributed by atoms with Crippen LogP contribution in [-0.2, 0) is 19.1 Å². The van der Waals surface area contributed by atoms with Crippen molar-refractivity contribution in [2.24, 2.45) is 11.8 Å². The molecule has 0 aromatic carbocycles. The Kier molecular flexibility index (Phi) is 13.1. The van der Waals surface area contributed by atoms with Gasteiger partial charge in [-0.2, -0.15) is 0 Å². The van der Waals surface area contributed by atoms with Crippen molar-refractivity contribution in [1.82, 2.24) is 0 Å². The summed E-state index contributed by atoms with van der Waals surface area (Å²) in [6.07, 6.45) is 6.27. The van der Waals surface area contributed by atoms with E-state index < -0.39 is 22.0 Å². The molecule has 0 aliphatic heterocycles. The number of hydrogen-bond acceptors (Lipinski definition) is 4. The molecule has 0 aliphatic carbocycles. The highest BCUT2D eigenvalue weighted by Crippen LogP contribution is 2.19. The summed E-state index contributed by atoms with van der Waals surface area (Å²) in [4.78, 5) is 23.7. The number of hydrogen-bond donors (Lipinski definition) is 0. The fraction of sp³-hybridized carbons (Fsp3) is 0.778. The summed E-state index contributed by atoms with van der Waals surface area (Å²) < 4.78 is 10.2. The van der Waals surface area contributed by atoms with Crippen molar-refractivity contribution < 1.29 is 19.1 Å². The Hall–Kier alpha value is -0.740. The van der Waals surface area contributed by atoms with Crippen molar-refractivity contribution in [2.45, 2.75) is 66.2 Å². The van der Waals surface area contributed by atoms with Gasteiger partial charge in [0.25, 0.3) is 0 Å². The zero-order valence-corrected chi connectivity index (χ0v) is 16.7. The number of unbranched alkanes of at least 4 members (excludes halogenated alkanes) is 2. The molecule has 4 nitrogen and oxygen atoms in total. The van der Waals surface area contributed by atoms with Crippen LogP contribution >= 0.6 is 23.2 Å². The van der Waals surface area contributed by atoms with Gasteiger partial charge in [-0.1, -0.05) is 76.6 Å². The van der Waals surface area contributed by atoms with Crippen molar-refractivity contribution >= 4 is 35.1 Å². The second-order valence-electron chi connectivity index (χ2n) is 6.32. The minimum Gasteiger partial charge on any atom is -0.461 e. The van der Waals surface area contributed by atoms with Crippen molar-refractivity contribution in [2.75, 3.05) is 13.2 Å². The van der Waals surface area contributed by atoms with Gasteiger partial charge in [0.15, 0.2) is 10.1 Å². The van der Waals surface area contributed by atoms with E-state index in [0.717, 1.165) is 38.5 Å². The highest BCUT2D eigenvalue weighted by atomic mass is 35.5. The first-order valence-electron chi connectivity index (χ1n) is 8.72. The molecule has 0 rings (SSSR count). The number of carbonyl (C=O) groups excluding carboxylic acids is 2. The molecule has 0 radical (unpaired) electrons. The van der Waals surface area contributed by atoms with Gasteiger partial charge >= 0.3 is 11.9 Å². The van der Waals surface area contributed by atoms with Crippen LogP contribution in [0, 0.1) is 11.8 Å². The van der Waals surface area contributed by atoms with Crippen LogP contribution < -0.4 is 0 Å². The summed E-state index contributed by atoms with van der Waals surface area (Å²) in [5, 5.41) is -0.851. The molecule has 140 valence electrons. The number of esters is 2. The average Bonchev–Trinajstić information content (AvgIpc) is 2.58. The third kappa shape index (κ3) is 10.2. The molecule has 0 heterocycles. The molecule has 2 unspecified atom stereocenters. The van der Waals surface area contributed by atoms with E-state index in [1.807, 2.05) is 13.8 Å². The number of halogens is 2. The molecule has 0 N–H and O–H groups in total. The van der Waals surface area contributed by atoms with Crippen LogP contribution in [-0.4, -0.2) is 25.2 Å². The highest BCUT2D eigenvalue weighted by molar-refractivity contribution is 6.53. The fourth-order valence-corrected chi connectivity index (χ4v) is 2.28. The fourth-order valence-electron chi connectivity index (χ4n) is 2.01. The van der Waals surface area contributed by atoms with Crippen LogP contribution in [0.25, 0.3) is 0 Å². The maximum absolute atomic E-state index is 11.8. The van der Waals surface area contributed by atoms with Gasteiger partial charge in [-0.25, -0.2) is 9.59 Å². The SMILES string of the molecule is CCCCC(C)COC(=O)/C(Cl)=C(/Cl)C(=O)OCC(C)CCCC. The van der Waals surface area contributed by atoms with Gasteiger partial charge in [-0.3, -0.25) is 0 Å². The molecule has 0 aromatic heterocycles. The molecule has 0 fully saturated rings. The molecule has 0 spiro atoms. The smallest absolute Gasteiger partial charge is 0.351 e. The summed E-state index contributed by atoms with van der Waals surface area (Å²) in [5.41, 5.74) is 0. The Balaban J connectivity index is 4.37. The second-order valence-corrected chi connectivity index (χ2v) is 7.08. The lowest BCUT2D eigenvalue weighted by molar-refractivity contribution is -0.142. The van der Waals surface area contributed by atoms with Gasteiger partial charge in [0.2, 0.25) is 0 Å². The van der Waals surface area contributed by atoms with Crippen LogP contribution in [0.5, 0.6) is 0 Å². The van der Waals surface area contributed by atoms with Crippen molar-refractivity contribution in [1.29, 1.82) is 0 Å². The normalized spacial score (nSPS) is 14.6. The molecule has 0 aliphatic rings. The molecule has 2 atom stereocenters. The van der Waals surface area contributed by atoms with Crippen LogP contribution in [0.1, 0.15) is 66.2 Å². The zero-order valence-electron chi connectivity index (χ0n) is 15.2. The molecular weight excluding hydrogens is 351 g/mol. The van der Waals surface area contributed by atoms with Crippen molar-refractivity contribution in [3.63, 3.8) is 0 Å². The Labute approximate surface area is 155 Å². The maximum atomic E-state index is 11.8. The average molecular weight is 381 g/mol. The summed E-state index contributed by atoms with van der Waals surface area (Å²) in [6, 6.07) is 0. The first-order valence-corrected chi connectivity index (χ1v) is 9.48. The summed E-state index contributed by atoms with van der Waals surface area (Å²) in [5.74, 6) is -1.10. The molecule has 0 saturated heterocycles. The van der Waals surface area contributed by atoms with Crippen LogP contribution in [0.15, 0.2) is 10.1 Å². The van der Waals surface area contributed by atoms with E-state index in [0.29, 0.717) is 0 Å². The lowest BCUT2D eigenvalue weighted by atomic mass is 10.1. The third-order valence-electron chi connectivity index (χ3n) is 3.65. The molecule has 0 saturated carbocycles. The number of ether oxygens (including phenoxy) is 2.